The van der Waals surface area contributed by atoms with E-state index in [4.69, 9.17) is 4.74 Å². The van der Waals surface area contributed by atoms with Gasteiger partial charge in [0.15, 0.2) is 0 Å². The number of hydrogen-bond donors (Lipinski definition) is 1. The first-order valence-electron chi connectivity index (χ1n) is 6.54. The fourth-order valence-electron chi connectivity index (χ4n) is 2.26. The third-order valence-electron chi connectivity index (χ3n) is 3.02. The predicted octanol–water partition coefficient (Wildman–Crippen LogP) is 2.26. The van der Waals surface area contributed by atoms with Gasteiger partial charge in [-0.3, -0.25) is 9.88 Å². The van der Waals surface area contributed by atoms with Crippen molar-refractivity contribution in [3.63, 3.8) is 0 Å². The number of rotatable bonds is 1. The molecule has 2 heterocycles. The van der Waals surface area contributed by atoms with E-state index in [1.165, 1.54) is 17.2 Å². The molecule has 1 aliphatic rings. The number of amides is 1. The SMILES string of the molecule is CC(C)(C)OC(=O)N1C[C@H](O)CC1c1cncc(F)c1. The summed E-state index contributed by atoms with van der Waals surface area (Å²) in [6.07, 6.45) is 1.80. The molecule has 1 N–H and O–H groups in total. The van der Waals surface area contributed by atoms with Gasteiger partial charge in [0.1, 0.15) is 11.4 Å². The summed E-state index contributed by atoms with van der Waals surface area (Å²) in [5.41, 5.74) is -0.0533. The molecule has 1 unspecified atom stereocenters. The van der Waals surface area contributed by atoms with Gasteiger partial charge < -0.3 is 9.84 Å². The third-order valence-corrected chi connectivity index (χ3v) is 3.02. The lowest BCUT2D eigenvalue weighted by atomic mass is 10.1. The first-order valence-corrected chi connectivity index (χ1v) is 6.54. The molecular weight excluding hydrogens is 263 g/mol. The molecular formula is C14H19FN2O3. The van der Waals surface area contributed by atoms with Crippen molar-refractivity contribution in [2.45, 2.75) is 44.9 Å². The lowest BCUT2D eigenvalue weighted by Gasteiger charge is -2.28. The normalized spacial score (nSPS) is 22.9. The molecule has 2 rings (SSSR count). The van der Waals surface area contributed by atoms with Crippen LogP contribution in [0.2, 0.25) is 0 Å². The number of β-amino-alcohol motifs (C(OH)–C–C–N with tert-alkyl or cyclic N) is 1. The molecule has 1 fully saturated rings. The monoisotopic (exact) mass is 282 g/mol. The van der Waals surface area contributed by atoms with Crippen molar-refractivity contribution in [1.82, 2.24) is 9.88 Å². The minimum absolute atomic E-state index is 0.177. The van der Waals surface area contributed by atoms with E-state index < -0.39 is 29.7 Å². The number of carbonyl (C=O) groups excluding carboxylic acids is 1. The lowest BCUT2D eigenvalue weighted by Crippen LogP contribution is -2.37. The number of aliphatic hydroxyl groups is 1. The summed E-state index contributed by atoms with van der Waals surface area (Å²) < 4.78 is 18.6. The highest BCUT2D eigenvalue weighted by Crippen LogP contribution is 2.33. The number of pyridine rings is 1. The van der Waals surface area contributed by atoms with Gasteiger partial charge in [-0.2, -0.15) is 0 Å². The maximum atomic E-state index is 13.3. The lowest BCUT2D eigenvalue weighted by molar-refractivity contribution is 0.0206. The van der Waals surface area contributed by atoms with Gasteiger partial charge >= 0.3 is 6.09 Å². The summed E-state index contributed by atoms with van der Waals surface area (Å²) in [6, 6.07) is 0.913. The molecule has 1 aromatic heterocycles. The van der Waals surface area contributed by atoms with Crippen LogP contribution in [-0.2, 0) is 4.74 Å². The van der Waals surface area contributed by atoms with Crippen LogP contribution in [0.15, 0.2) is 18.5 Å². The molecule has 2 atom stereocenters. The standard InChI is InChI=1S/C14H19FN2O3/c1-14(2,3)20-13(19)17-8-11(18)5-12(17)9-4-10(15)7-16-6-9/h4,6-7,11-12,18H,5,8H2,1-3H3/t11-,12?/m1/s1. The summed E-state index contributed by atoms with van der Waals surface area (Å²) in [5.74, 6) is -0.465. The van der Waals surface area contributed by atoms with Crippen molar-refractivity contribution in [3.8, 4) is 0 Å². The van der Waals surface area contributed by atoms with Crippen molar-refractivity contribution in [3.05, 3.63) is 29.8 Å². The van der Waals surface area contributed by atoms with Crippen LogP contribution in [0.4, 0.5) is 9.18 Å². The van der Waals surface area contributed by atoms with Gasteiger partial charge in [-0.1, -0.05) is 0 Å². The first-order chi connectivity index (χ1) is 9.26. The highest BCUT2D eigenvalue weighted by molar-refractivity contribution is 5.69. The molecule has 0 aliphatic carbocycles. The van der Waals surface area contributed by atoms with E-state index in [0.717, 1.165) is 6.20 Å². The fraction of sp³-hybridized carbons (Fsp3) is 0.571. The third kappa shape index (κ3) is 3.45. The second-order valence-corrected chi connectivity index (χ2v) is 5.97. The van der Waals surface area contributed by atoms with Gasteiger partial charge in [0, 0.05) is 6.20 Å². The second-order valence-electron chi connectivity index (χ2n) is 5.97. The Morgan fingerprint density at radius 2 is 2.20 bits per heavy atom. The molecule has 1 saturated heterocycles. The minimum atomic E-state index is -0.643. The van der Waals surface area contributed by atoms with Crippen LogP contribution in [0.5, 0.6) is 0 Å². The highest BCUT2D eigenvalue weighted by atomic mass is 19.1. The summed E-state index contributed by atoms with van der Waals surface area (Å²) in [5, 5.41) is 9.78. The van der Waals surface area contributed by atoms with Crippen LogP contribution in [0, 0.1) is 5.82 Å². The van der Waals surface area contributed by atoms with Crippen molar-refractivity contribution < 1.29 is 19.0 Å². The van der Waals surface area contributed by atoms with Crippen LogP contribution in [0.1, 0.15) is 38.8 Å². The predicted molar refractivity (Wildman–Crippen MR) is 70.5 cm³/mol. The van der Waals surface area contributed by atoms with Crippen LogP contribution >= 0.6 is 0 Å². The Hall–Kier alpha value is -1.69. The number of likely N-dealkylation sites (tertiary alicyclic amines) is 1. The molecule has 1 amide bonds. The molecule has 110 valence electrons. The highest BCUT2D eigenvalue weighted by Gasteiger charge is 2.37. The maximum Gasteiger partial charge on any atom is 0.410 e. The molecule has 6 heteroatoms. The molecule has 0 radical (unpaired) electrons. The van der Waals surface area contributed by atoms with E-state index in [-0.39, 0.29) is 6.54 Å². The number of ether oxygens (including phenoxy) is 1. The van der Waals surface area contributed by atoms with Crippen molar-refractivity contribution in [2.75, 3.05) is 6.54 Å². The molecule has 0 bridgehead atoms. The zero-order valence-corrected chi connectivity index (χ0v) is 11.8. The number of aliphatic hydroxyl groups excluding tert-OH is 1. The Labute approximate surface area is 117 Å². The van der Waals surface area contributed by atoms with E-state index in [2.05, 4.69) is 4.98 Å². The van der Waals surface area contributed by atoms with Gasteiger partial charge in [-0.25, -0.2) is 9.18 Å². The van der Waals surface area contributed by atoms with Gasteiger partial charge in [0.25, 0.3) is 0 Å². The molecule has 5 nitrogen and oxygen atoms in total. The van der Waals surface area contributed by atoms with Crippen molar-refractivity contribution in [2.24, 2.45) is 0 Å². The van der Waals surface area contributed by atoms with E-state index in [1.807, 2.05) is 0 Å². The second kappa shape index (κ2) is 5.36. The number of nitrogens with zero attached hydrogens (tertiary/aromatic N) is 2. The number of carbonyl (C=O) groups is 1. The topological polar surface area (TPSA) is 62.7 Å². The first kappa shape index (κ1) is 14.7. The number of halogens is 1. The number of aromatic nitrogens is 1. The van der Waals surface area contributed by atoms with Crippen LogP contribution in [-0.4, -0.2) is 39.3 Å². The Balaban J connectivity index is 2.21. The maximum absolute atomic E-state index is 13.3. The summed E-state index contributed by atoms with van der Waals surface area (Å²) in [4.78, 5) is 17.4. The van der Waals surface area contributed by atoms with E-state index in [0.29, 0.717) is 12.0 Å². The zero-order valence-electron chi connectivity index (χ0n) is 11.8. The Morgan fingerprint density at radius 1 is 1.50 bits per heavy atom. The van der Waals surface area contributed by atoms with E-state index in [1.54, 1.807) is 20.8 Å². The Kier molecular flexibility index (Phi) is 3.94. The Morgan fingerprint density at radius 3 is 2.80 bits per heavy atom. The van der Waals surface area contributed by atoms with Gasteiger partial charge in [-0.05, 0) is 38.8 Å². The average Bonchev–Trinajstić information content (AvgIpc) is 2.69. The van der Waals surface area contributed by atoms with Crippen LogP contribution in [0.25, 0.3) is 0 Å². The summed E-state index contributed by atoms with van der Waals surface area (Å²) in [6.45, 7) is 5.50. The van der Waals surface area contributed by atoms with Gasteiger partial charge in [0.2, 0.25) is 0 Å². The van der Waals surface area contributed by atoms with E-state index >= 15 is 0 Å². The van der Waals surface area contributed by atoms with Crippen LogP contribution < -0.4 is 0 Å². The molecule has 0 aromatic carbocycles. The average molecular weight is 282 g/mol. The van der Waals surface area contributed by atoms with E-state index in [9.17, 15) is 14.3 Å². The minimum Gasteiger partial charge on any atom is -0.444 e. The zero-order chi connectivity index (χ0) is 14.9. The number of hydrogen-bond acceptors (Lipinski definition) is 4. The smallest absolute Gasteiger partial charge is 0.410 e. The van der Waals surface area contributed by atoms with Gasteiger partial charge in [0.05, 0.1) is 24.9 Å². The quantitative estimate of drug-likeness (QED) is 0.858. The molecule has 1 aliphatic heterocycles. The molecule has 20 heavy (non-hydrogen) atoms. The Bertz CT molecular complexity index is 501. The van der Waals surface area contributed by atoms with Crippen LogP contribution in [0.3, 0.4) is 0 Å². The molecule has 0 spiro atoms. The summed E-state index contributed by atoms with van der Waals surface area (Å²) >= 11 is 0. The molecule has 1 aromatic rings. The van der Waals surface area contributed by atoms with Crippen molar-refractivity contribution >= 4 is 6.09 Å². The summed E-state index contributed by atoms with van der Waals surface area (Å²) in [7, 11) is 0. The largest absolute Gasteiger partial charge is 0.444 e. The van der Waals surface area contributed by atoms with Gasteiger partial charge in [-0.15, -0.1) is 0 Å². The molecule has 0 saturated carbocycles. The van der Waals surface area contributed by atoms with Crippen molar-refractivity contribution in [1.29, 1.82) is 0 Å². The fourth-order valence-corrected chi connectivity index (χ4v) is 2.26.